The van der Waals surface area contributed by atoms with E-state index in [1.165, 1.54) is 0 Å². The molecule has 2 amide bonds. The first kappa shape index (κ1) is 16.0. The van der Waals surface area contributed by atoms with Crippen LogP contribution in [0.4, 0.5) is 4.79 Å². The third-order valence-corrected chi connectivity index (χ3v) is 3.96. The molecule has 2 rings (SSSR count). The predicted molar refractivity (Wildman–Crippen MR) is 75.0 cm³/mol. The van der Waals surface area contributed by atoms with Crippen LogP contribution in [0.5, 0.6) is 0 Å². The quantitative estimate of drug-likeness (QED) is 0.715. The Labute approximate surface area is 124 Å². The number of aliphatic hydroxyl groups is 1. The van der Waals surface area contributed by atoms with Crippen molar-refractivity contribution in [2.45, 2.75) is 44.2 Å². The van der Waals surface area contributed by atoms with Crippen molar-refractivity contribution < 1.29 is 24.5 Å². The Bertz CT molecular complexity index is 364. The highest BCUT2D eigenvalue weighted by atomic mass is 16.5. The van der Waals surface area contributed by atoms with Crippen LogP contribution in [0, 0.1) is 0 Å². The van der Waals surface area contributed by atoms with Crippen molar-refractivity contribution in [3.8, 4) is 0 Å². The minimum absolute atomic E-state index is 0.00297. The van der Waals surface area contributed by atoms with Gasteiger partial charge in [0.25, 0.3) is 0 Å². The van der Waals surface area contributed by atoms with Gasteiger partial charge in [0.1, 0.15) is 0 Å². The zero-order valence-electron chi connectivity index (χ0n) is 12.2. The second-order valence-corrected chi connectivity index (χ2v) is 5.63. The van der Waals surface area contributed by atoms with E-state index in [1.807, 2.05) is 4.90 Å². The van der Waals surface area contributed by atoms with Crippen molar-refractivity contribution >= 4 is 12.0 Å². The molecule has 0 atom stereocenters. The molecule has 0 bridgehead atoms. The van der Waals surface area contributed by atoms with Crippen molar-refractivity contribution in [3.63, 3.8) is 0 Å². The molecule has 1 aliphatic carbocycles. The van der Waals surface area contributed by atoms with Gasteiger partial charge in [0.15, 0.2) is 0 Å². The lowest BCUT2D eigenvalue weighted by Gasteiger charge is -2.35. The monoisotopic (exact) mass is 300 g/mol. The van der Waals surface area contributed by atoms with Crippen LogP contribution in [0.25, 0.3) is 0 Å². The van der Waals surface area contributed by atoms with E-state index in [1.54, 1.807) is 4.90 Å². The molecule has 0 aromatic heterocycles. The first-order valence-corrected chi connectivity index (χ1v) is 7.61. The van der Waals surface area contributed by atoms with Gasteiger partial charge in [-0.25, -0.2) is 4.79 Å². The van der Waals surface area contributed by atoms with Gasteiger partial charge in [-0.05, 0) is 25.7 Å². The second-order valence-electron chi connectivity index (χ2n) is 5.63. The highest BCUT2D eigenvalue weighted by Gasteiger charge is 2.35. The number of carbonyl (C=O) groups excluding carboxylic acids is 1. The van der Waals surface area contributed by atoms with Crippen molar-refractivity contribution in [1.82, 2.24) is 9.80 Å². The summed E-state index contributed by atoms with van der Waals surface area (Å²) in [6.45, 7) is 1.89. The fraction of sp³-hybridized carbons (Fsp3) is 0.857. The lowest BCUT2D eigenvalue weighted by Crippen LogP contribution is -2.49. The molecule has 2 fully saturated rings. The summed E-state index contributed by atoms with van der Waals surface area (Å²) in [5.74, 6) is -0.855. The van der Waals surface area contributed by atoms with E-state index in [0.717, 1.165) is 25.7 Å². The van der Waals surface area contributed by atoms with Gasteiger partial charge in [-0.15, -0.1) is 0 Å². The SMILES string of the molecule is O=C(O)CCOC1CCN(C(=O)N(CCO)C2CC2)CC1. The van der Waals surface area contributed by atoms with E-state index in [0.29, 0.717) is 25.7 Å². The zero-order chi connectivity index (χ0) is 15.2. The lowest BCUT2D eigenvalue weighted by molar-refractivity contribution is -0.138. The molecule has 7 nitrogen and oxygen atoms in total. The highest BCUT2D eigenvalue weighted by molar-refractivity contribution is 5.75. The summed E-state index contributed by atoms with van der Waals surface area (Å²) < 4.78 is 5.52. The number of aliphatic carboxylic acids is 1. The molecule has 7 heteroatoms. The van der Waals surface area contributed by atoms with Crippen LogP contribution in [0.1, 0.15) is 32.1 Å². The highest BCUT2D eigenvalue weighted by Crippen LogP contribution is 2.28. The van der Waals surface area contributed by atoms with Crippen LogP contribution in [0.3, 0.4) is 0 Å². The van der Waals surface area contributed by atoms with Gasteiger partial charge >= 0.3 is 12.0 Å². The second kappa shape index (κ2) is 7.61. The summed E-state index contributed by atoms with van der Waals surface area (Å²) in [5, 5.41) is 17.6. The van der Waals surface area contributed by atoms with Crippen LogP contribution in [-0.4, -0.2) is 77.0 Å². The topological polar surface area (TPSA) is 90.3 Å². The number of hydrogen-bond donors (Lipinski definition) is 2. The van der Waals surface area contributed by atoms with E-state index in [2.05, 4.69) is 0 Å². The van der Waals surface area contributed by atoms with E-state index >= 15 is 0 Å². The Morgan fingerprint density at radius 1 is 1.19 bits per heavy atom. The van der Waals surface area contributed by atoms with Gasteiger partial charge in [-0.2, -0.15) is 0 Å². The largest absolute Gasteiger partial charge is 0.481 e. The number of aliphatic hydroxyl groups excluding tert-OH is 1. The van der Waals surface area contributed by atoms with Crippen LogP contribution in [0.2, 0.25) is 0 Å². The van der Waals surface area contributed by atoms with Crippen LogP contribution < -0.4 is 0 Å². The molecule has 2 aliphatic rings. The Balaban J connectivity index is 1.72. The molecule has 1 saturated carbocycles. The van der Waals surface area contributed by atoms with Gasteiger partial charge in [0.2, 0.25) is 0 Å². The Kier molecular flexibility index (Phi) is 5.81. The first-order valence-electron chi connectivity index (χ1n) is 7.61. The number of amides is 2. The maximum atomic E-state index is 12.4. The normalized spacial score (nSPS) is 19.6. The maximum Gasteiger partial charge on any atom is 0.320 e. The summed E-state index contributed by atoms with van der Waals surface area (Å²) in [6, 6.07) is 0.310. The number of likely N-dealkylation sites (tertiary alicyclic amines) is 1. The minimum Gasteiger partial charge on any atom is -0.481 e. The minimum atomic E-state index is -0.855. The lowest BCUT2D eigenvalue weighted by atomic mass is 10.1. The number of piperidine rings is 1. The summed E-state index contributed by atoms with van der Waals surface area (Å²) in [5.41, 5.74) is 0. The number of carbonyl (C=O) groups is 2. The van der Waals surface area contributed by atoms with Crippen molar-refractivity contribution in [3.05, 3.63) is 0 Å². The van der Waals surface area contributed by atoms with Crippen molar-refractivity contribution in [2.24, 2.45) is 0 Å². The van der Waals surface area contributed by atoms with E-state index in [-0.39, 0.29) is 31.8 Å². The molecular formula is C14H24N2O5. The van der Waals surface area contributed by atoms with Gasteiger partial charge in [-0.1, -0.05) is 0 Å². The molecule has 0 aromatic rings. The molecule has 0 radical (unpaired) electrons. The number of nitrogens with zero attached hydrogens (tertiary/aromatic N) is 2. The number of hydrogen-bond acceptors (Lipinski definition) is 4. The van der Waals surface area contributed by atoms with Crippen LogP contribution in [-0.2, 0) is 9.53 Å². The summed E-state index contributed by atoms with van der Waals surface area (Å²) in [6.07, 6.45) is 3.60. The molecule has 0 unspecified atom stereocenters. The molecule has 1 saturated heterocycles. The smallest absolute Gasteiger partial charge is 0.320 e. The van der Waals surface area contributed by atoms with Crippen molar-refractivity contribution in [1.29, 1.82) is 0 Å². The third kappa shape index (κ3) is 4.86. The summed E-state index contributed by atoms with van der Waals surface area (Å²) in [4.78, 5) is 26.4. The van der Waals surface area contributed by atoms with E-state index < -0.39 is 5.97 Å². The average Bonchev–Trinajstić information content (AvgIpc) is 3.29. The molecular weight excluding hydrogens is 276 g/mol. The molecule has 21 heavy (non-hydrogen) atoms. The number of carboxylic acids is 1. The van der Waals surface area contributed by atoms with Gasteiger partial charge in [0.05, 0.1) is 25.7 Å². The first-order chi connectivity index (χ1) is 10.1. The number of carboxylic acid groups (broad SMARTS) is 1. The molecule has 1 heterocycles. The third-order valence-electron chi connectivity index (χ3n) is 3.96. The number of rotatable bonds is 7. The predicted octanol–water partition coefficient (Wildman–Crippen LogP) is 0.519. The fourth-order valence-electron chi connectivity index (χ4n) is 2.64. The van der Waals surface area contributed by atoms with E-state index in [4.69, 9.17) is 14.9 Å². The Morgan fingerprint density at radius 3 is 2.38 bits per heavy atom. The summed E-state index contributed by atoms with van der Waals surface area (Å²) >= 11 is 0. The maximum absolute atomic E-state index is 12.4. The standard InChI is InChI=1S/C14H24N2O5/c17-9-8-16(11-1-2-11)14(20)15-6-3-12(4-7-15)21-10-5-13(18)19/h11-12,17H,1-10H2,(H,18,19). The number of urea groups is 1. The zero-order valence-corrected chi connectivity index (χ0v) is 12.2. The van der Waals surface area contributed by atoms with Crippen molar-refractivity contribution in [2.75, 3.05) is 32.8 Å². The van der Waals surface area contributed by atoms with Crippen LogP contribution in [0.15, 0.2) is 0 Å². The van der Waals surface area contributed by atoms with Gasteiger partial charge in [-0.3, -0.25) is 4.79 Å². The molecule has 1 aliphatic heterocycles. The molecule has 0 aromatic carbocycles. The van der Waals surface area contributed by atoms with Crippen LogP contribution >= 0.6 is 0 Å². The van der Waals surface area contributed by atoms with Gasteiger partial charge < -0.3 is 24.7 Å². The molecule has 120 valence electrons. The molecule has 0 spiro atoms. The Morgan fingerprint density at radius 2 is 1.86 bits per heavy atom. The summed E-state index contributed by atoms with van der Waals surface area (Å²) in [7, 11) is 0. The number of ether oxygens (including phenoxy) is 1. The Hall–Kier alpha value is -1.34. The fourth-order valence-corrected chi connectivity index (χ4v) is 2.64. The van der Waals surface area contributed by atoms with E-state index in [9.17, 15) is 9.59 Å². The average molecular weight is 300 g/mol. The molecule has 2 N–H and O–H groups in total. The van der Waals surface area contributed by atoms with Gasteiger partial charge in [0, 0.05) is 25.7 Å².